The van der Waals surface area contributed by atoms with Crippen LogP contribution in [0.25, 0.3) is 10.8 Å². The van der Waals surface area contributed by atoms with E-state index in [4.69, 9.17) is 0 Å². The van der Waals surface area contributed by atoms with Gasteiger partial charge in [0, 0.05) is 24.6 Å². The second-order valence-electron chi connectivity index (χ2n) is 8.39. The van der Waals surface area contributed by atoms with Gasteiger partial charge in [-0.25, -0.2) is 8.42 Å². The van der Waals surface area contributed by atoms with Crippen LogP contribution in [0.5, 0.6) is 0 Å². The van der Waals surface area contributed by atoms with Gasteiger partial charge in [0.25, 0.3) is 0 Å². The first kappa shape index (κ1) is 26.8. The molecule has 186 valence electrons. The Morgan fingerprint density at radius 2 is 1.66 bits per heavy atom. The summed E-state index contributed by atoms with van der Waals surface area (Å²) < 4.78 is 28.4. The predicted molar refractivity (Wildman–Crippen MR) is 141 cm³/mol. The molecule has 3 aromatic rings. The number of fused-ring (bicyclic) bond motifs is 1. The van der Waals surface area contributed by atoms with E-state index in [0.717, 1.165) is 31.5 Å². The van der Waals surface area contributed by atoms with Crippen LogP contribution >= 0.6 is 15.9 Å². The van der Waals surface area contributed by atoms with E-state index >= 15 is 0 Å². The molecule has 0 aliphatic heterocycles. The van der Waals surface area contributed by atoms with Gasteiger partial charge >= 0.3 is 0 Å². The minimum atomic E-state index is -3.92. The van der Waals surface area contributed by atoms with Gasteiger partial charge < -0.3 is 10.2 Å². The Kier molecular flexibility index (Phi) is 9.04. The molecule has 0 bridgehead atoms. The first-order valence-electron chi connectivity index (χ1n) is 11.4. The molecule has 0 spiro atoms. The van der Waals surface area contributed by atoms with Crippen molar-refractivity contribution >= 4 is 48.5 Å². The molecule has 0 saturated heterocycles. The minimum Gasteiger partial charge on any atom is -0.354 e. The van der Waals surface area contributed by atoms with Crippen LogP contribution in [0.2, 0.25) is 0 Å². The Morgan fingerprint density at radius 3 is 2.31 bits per heavy atom. The Labute approximate surface area is 215 Å². The third kappa shape index (κ3) is 6.68. The summed E-state index contributed by atoms with van der Waals surface area (Å²) >= 11 is 3.39. The normalized spacial score (nSPS) is 12.5. The molecule has 0 aliphatic carbocycles. The van der Waals surface area contributed by atoms with Crippen molar-refractivity contribution in [1.82, 2.24) is 14.5 Å². The van der Waals surface area contributed by atoms with Gasteiger partial charge in [-0.3, -0.25) is 9.59 Å². The van der Waals surface area contributed by atoms with E-state index in [-0.39, 0.29) is 17.3 Å². The number of likely N-dealkylation sites (N-methyl/N-ethyl adjacent to an activating group) is 1. The molecule has 0 fully saturated rings. The molecule has 0 heterocycles. The fourth-order valence-corrected chi connectivity index (χ4v) is 5.06. The molecule has 0 aliphatic rings. The quantitative estimate of drug-likeness (QED) is 0.404. The van der Waals surface area contributed by atoms with Gasteiger partial charge in [-0.05, 0) is 53.9 Å². The molecular weight excluding hydrogens is 530 g/mol. The number of amides is 2. The second kappa shape index (κ2) is 11.8. The van der Waals surface area contributed by atoms with E-state index in [0.29, 0.717) is 6.54 Å². The predicted octanol–water partition coefficient (Wildman–Crippen LogP) is 4.17. The largest absolute Gasteiger partial charge is 0.354 e. The average molecular weight is 561 g/mol. The number of nitrogens with zero attached hydrogens (tertiary/aromatic N) is 2. The molecule has 2 amide bonds. The monoisotopic (exact) mass is 559 g/mol. The van der Waals surface area contributed by atoms with Crippen LogP contribution in [-0.4, -0.2) is 55.6 Å². The third-order valence-electron chi connectivity index (χ3n) is 5.77. The number of rotatable bonds is 10. The van der Waals surface area contributed by atoms with Crippen LogP contribution < -0.4 is 5.32 Å². The standard InChI is InChI=1S/C26H30BrN3O4S/c1-4-15-28-26(32)19(2)30(17-20-9-12-23(27)13-10-20)25(31)18-29(3)35(33,34)24-14-11-21-7-5-6-8-22(21)16-24/h5-14,16,19H,4,15,17-18H2,1-3H3,(H,28,32)/t19-/m1/s1. The maximum atomic E-state index is 13.4. The highest BCUT2D eigenvalue weighted by Gasteiger charge is 2.30. The van der Waals surface area contributed by atoms with E-state index in [2.05, 4.69) is 21.2 Å². The lowest BCUT2D eigenvalue weighted by molar-refractivity contribution is -0.140. The lowest BCUT2D eigenvalue weighted by Crippen LogP contribution is -2.50. The van der Waals surface area contributed by atoms with E-state index < -0.39 is 28.5 Å². The number of hydrogen-bond acceptors (Lipinski definition) is 4. The minimum absolute atomic E-state index is 0.111. The number of halogens is 1. The second-order valence-corrected chi connectivity index (χ2v) is 11.3. The van der Waals surface area contributed by atoms with Crippen molar-refractivity contribution in [2.75, 3.05) is 20.1 Å². The third-order valence-corrected chi connectivity index (χ3v) is 8.10. The Bertz CT molecular complexity index is 1300. The number of nitrogens with one attached hydrogen (secondary N) is 1. The summed E-state index contributed by atoms with van der Waals surface area (Å²) in [5, 5.41) is 4.54. The fourth-order valence-electron chi connectivity index (χ4n) is 3.64. The molecule has 9 heteroatoms. The summed E-state index contributed by atoms with van der Waals surface area (Å²) in [6.45, 7) is 3.88. The van der Waals surface area contributed by atoms with E-state index in [1.165, 1.54) is 11.9 Å². The molecule has 1 atom stereocenters. The van der Waals surface area contributed by atoms with Gasteiger partial charge in [0.2, 0.25) is 21.8 Å². The van der Waals surface area contributed by atoms with Gasteiger partial charge in [0.1, 0.15) is 6.04 Å². The molecule has 1 N–H and O–H groups in total. The van der Waals surface area contributed by atoms with Crippen LogP contribution in [-0.2, 0) is 26.2 Å². The van der Waals surface area contributed by atoms with E-state index in [1.54, 1.807) is 25.1 Å². The molecule has 0 radical (unpaired) electrons. The number of carbonyl (C=O) groups is 2. The topological polar surface area (TPSA) is 86.8 Å². The summed E-state index contributed by atoms with van der Waals surface area (Å²) in [7, 11) is -2.54. The van der Waals surface area contributed by atoms with Crippen LogP contribution in [0.1, 0.15) is 25.8 Å². The summed E-state index contributed by atoms with van der Waals surface area (Å²) in [6, 6.07) is 19.0. The molecular formula is C26H30BrN3O4S. The number of hydrogen-bond donors (Lipinski definition) is 1. The highest BCUT2D eigenvalue weighted by Crippen LogP contribution is 2.22. The van der Waals surface area contributed by atoms with Crippen molar-refractivity contribution in [3.63, 3.8) is 0 Å². The van der Waals surface area contributed by atoms with Crippen LogP contribution in [0.3, 0.4) is 0 Å². The van der Waals surface area contributed by atoms with Gasteiger partial charge in [0.15, 0.2) is 0 Å². The van der Waals surface area contributed by atoms with Gasteiger partial charge in [-0.15, -0.1) is 0 Å². The van der Waals surface area contributed by atoms with E-state index in [9.17, 15) is 18.0 Å². The zero-order chi connectivity index (χ0) is 25.6. The van der Waals surface area contributed by atoms with Crippen molar-refractivity contribution in [2.45, 2.75) is 37.8 Å². The number of benzene rings is 3. The maximum absolute atomic E-state index is 13.4. The molecule has 35 heavy (non-hydrogen) atoms. The summed E-state index contributed by atoms with van der Waals surface area (Å²) in [5.74, 6) is -0.740. The molecule has 0 unspecified atom stereocenters. The molecule has 3 rings (SSSR count). The van der Waals surface area contributed by atoms with Gasteiger partial charge in [-0.1, -0.05) is 65.3 Å². The lowest BCUT2D eigenvalue weighted by atomic mass is 10.1. The summed E-state index contributed by atoms with van der Waals surface area (Å²) in [5.41, 5.74) is 0.830. The number of carbonyl (C=O) groups excluding carboxylic acids is 2. The first-order chi connectivity index (χ1) is 16.6. The van der Waals surface area contributed by atoms with Crippen LogP contribution in [0, 0.1) is 0 Å². The molecule has 0 saturated carbocycles. The summed E-state index contributed by atoms with van der Waals surface area (Å²) in [6.07, 6.45) is 0.770. The van der Waals surface area contributed by atoms with E-state index in [1.807, 2.05) is 55.5 Å². The van der Waals surface area contributed by atoms with Crippen LogP contribution in [0.4, 0.5) is 0 Å². The fraction of sp³-hybridized carbons (Fsp3) is 0.308. The van der Waals surface area contributed by atoms with Crippen molar-refractivity contribution in [2.24, 2.45) is 0 Å². The van der Waals surface area contributed by atoms with Gasteiger partial charge in [-0.2, -0.15) is 4.31 Å². The molecule has 0 aromatic heterocycles. The Balaban J connectivity index is 1.83. The zero-order valence-electron chi connectivity index (χ0n) is 20.1. The van der Waals surface area contributed by atoms with Crippen LogP contribution in [0.15, 0.2) is 76.1 Å². The average Bonchev–Trinajstić information content (AvgIpc) is 2.85. The Morgan fingerprint density at radius 1 is 1.00 bits per heavy atom. The number of sulfonamides is 1. The van der Waals surface area contributed by atoms with Crippen molar-refractivity contribution in [3.8, 4) is 0 Å². The first-order valence-corrected chi connectivity index (χ1v) is 13.6. The smallest absolute Gasteiger partial charge is 0.243 e. The highest BCUT2D eigenvalue weighted by atomic mass is 79.9. The van der Waals surface area contributed by atoms with Gasteiger partial charge in [0.05, 0.1) is 11.4 Å². The Hall–Kier alpha value is -2.75. The maximum Gasteiger partial charge on any atom is 0.243 e. The zero-order valence-corrected chi connectivity index (χ0v) is 22.5. The molecule has 3 aromatic carbocycles. The van der Waals surface area contributed by atoms with Crippen molar-refractivity contribution < 1.29 is 18.0 Å². The highest BCUT2D eigenvalue weighted by molar-refractivity contribution is 9.10. The van der Waals surface area contributed by atoms with Crippen molar-refractivity contribution in [3.05, 3.63) is 76.8 Å². The summed E-state index contributed by atoms with van der Waals surface area (Å²) in [4.78, 5) is 27.6. The molecule has 7 nitrogen and oxygen atoms in total. The van der Waals surface area contributed by atoms with Crippen molar-refractivity contribution in [1.29, 1.82) is 0 Å². The lowest BCUT2D eigenvalue weighted by Gasteiger charge is -2.30. The SMILES string of the molecule is CCCNC(=O)[C@@H](C)N(Cc1ccc(Br)cc1)C(=O)CN(C)S(=O)(=O)c1ccc2ccccc2c1.